The van der Waals surface area contributed by atoms with Gasteiger partial charge < -0.3 is 10.2 Å². The highest BCUT2D eigenvalue weighted by molar-refractivity contribution is 5.78. The Morgan fingerprint density at radius 1 is 1.27 bits per heavy atom. The molecule has 1 fully saturated rings. The van der Waals surface area contributed by atoms with Crippen LogP contribution in [0.2, 0.25) is 0 Å². The van der Waals surface area contributed by atoms with Crippen LogP contribution in [0.3, 0.4) is 0 Å². The van der Waals surface area contributed by atoms with Crippen LogP contribution in [0, 0.1) is 5.92 Å². The molecular weight excluding hydrogens is 347 g/mol. The molecule has 26 heavy (non-hydrogen) atoms. The summed E-state index contributed by atoms with van der Waals surface area (Å²) in [5, 5.41) is 9.62. The van der Waals surface area contributed by atoms with E-state index in [1.165, 1.54) is 6.07 Å². The Balaban J connectivity index is 1.45. The fourth-order valence-corrected chi connectivity index (χ4v) is 3.00. The summed E-state index contributed by atoms with van der Waals surface area (Å²) in [6.45, 7) is 1.73. The van der Waals surface area contributed by atoms with Crippen LogP contribution in [0.5, 0.6) is 0 Å². The van der Waals surface area contributed by atoms with Crippen LogP contribution in [0.15, 0.2) is 30.6 Å². The largest absolute Gasteiger partial charge is 0.417 e. The summed E-state index contributed by atoms with van der Waals surface area (Å²) >= 11 is 0. The van der Waals surface area contributed by atoms with Gasteiger partial charge >= 0.3 is 6.18 Å². The van der Waals surface area contributed by atoms with E-state index in [1.807, 2.05) is 11.0 Å². The Morgan fingerprint density at radius 3 is 2.62 bits per heavy atom. The van der Waals surface area contributed by atoms with Crippen molar-refractivity contribution in [3.8, 4) is 0 Å². The number of anilines is 1. The topological polar surface area (TPSA) is 73.9 Å². The Bertz CT molecular complexity index is 707. The third kappa shape index (κ3) is 4.53. The minimum Gasteiger partial charge on any atom is -0.357 e. The molecule has 1 aliphatic heterocycles. The Kier molecular flexibility index (Phi) is 5.43. The van der Waals surface area contributed by atoms with Gasteiger partial charge in [-0.1, -0.05) is 0 Å². The Labute approximate surface area is 148 Å². The molecule has 9 heteroatoms. The number of piperidine rings is 1. The van der Waals surface area contributed by atoms with E-state index < -0.39 is 11.7 Å². The first kappa shape index (κ1) is 18.2. The summed E-state index contributed by atoms with van der Waals surface area (Å²) in [5.74, 6) is 0.447. The normalized spacial score (nSPS) is 15.9. The SMILES string of the molecule is O=C(NCCc1ccn[nH]1)C1CCN(c2ccc(C(F)(F)F)cn2)CC1. The van der Waals surface area contributed by atoms with Gasteiger partial charge in [-0.15, -0.1) is 0 Å². The zero-order valence-corrected chi connectivity index (χ0v) is 14.1. The summed E-state index contributed by atoms with van der Waals surface area (Å²) in [7, 11) is 0. The third-order valence-electron chi connectivity index (χ3n) is 4.52. The van der Waals surface area contributed by atoms with E-state index in [0.29, 0.717) is 44.7 Å². The fourth-order valence-electron chi connectivity index (χ4n) is 3.00. The summed E-state index contributed by atoms with van der Waals surface area (Å²) in [6, 6.07) is 4.28. The average Bonchev–Trinajstić information content (AvgIpc) is 3.15. The monoisotopic (exact) mass is 367 g/mol. The molecule has 3 rings (SSSR count). The maximum Gasteiger partial charge on any atom is 0.417 e. The number of aromatic amines is 1. The van der Waals surface area contributed by atoms with E-state index >= 15 is 0 Å². The molecular formula is C17H20F3N5O. The first-order valence-electron chi connectivity index (χ1n) is 8.47. The van der Waals surface area contributed by atoms with E-state index in [4.69, 9.17) is 0 Å². The summed E-state index contributed by atoms with van der Waals surface area (Å²) in [6.07, 6.45) is 0.135. The number of hydrogen-bond donors (Lipinski definition) is 2. The molecule has 1 aliphatic rings. The standard InChI is InChI=1S/C17H20F3N5O/c18-17(19,20)13-1-2-15(22-11-13)25-9-5-12(6-10-25)16(26)21-7-3-14-4-8-23-24-14/h1-2,4,8,11-12H,3,5-7,9-10H2,(H,21,26)(H,23,24). The van der Waals surface area contributed by atoms with Gasteiger partial charge in [0.2, 0.25) is 5.91 Å². The van der Waals surface area contributed by atoms with Crippen LogP contribution in [-0.4, -0.2) is 40.7 Å². The lowest BCUT2D eigenvalue weighted by atomic mass is 9.96. The van der Waals surface area contributed by atoms with Crippen molar-refractivity contribution in [2.45, 2.75) is 25.4 Å². The lowest BCUT2D eigenvalue weighted by Crippen LogP contribution is -2.41. The number of carbonyl (C=O) groups excluding carboxylic acids is 1. The van der Waals surface area contributed by atoms with Crippen LogP contribution < -0.4 is 10.2 Å². The van der Waals surface area contributed by atoms with E-state index in [1.54, 1.807) is 6.20 Å². The summed E-state index contributed by atoms with van der Waals surface area (Å²) in [5.41, 5.74) is 0.210. The molecule has 140 valence electrons. The first-order valence-corrected chi connectivity index (χ1v) is 8.47. The van der Waals surface area contributed by atoms with Crippen molar-refractivity contribution >= 4 is 11.7 Å². The molecule has 2 aromatic rings. The van der Waals surface area contributed by atoms with Gasteiger partial charge in [0.05, 0.1) is 5.56 Å². The average molecular weight is 367 g/mol. The van der Waals surface area contributed by atoms with Crippen molar-refractivity contribution < 1.29 is 18.0 Å². The van der Waals surface area contributed by atoms with Crippen molar-refractivity contribution in [1.29, 1.82) is 0 Å². The van der Waals surface area contributed by atoms with Crippen molar-refractivity contribution in [2.75, 3.05) is 24.5 Å². The molecule has 6 nitrogen and oxygen atoms in total. The van der Waals surface area contributed by atoms with Gasteiger partial charge in [0.15, 0.2) is 0 Å². The molecule has 0 spiro atoms. The summed E-state index contributed by atoms with van der Waals surface area (Å²) < 4.78 is 37.8. The zero-order chi connectivity index (χ0) is 18.6. The number of hydrogen-bond acceptors (Lipinski definition) is 4. The Hall–Kier alpha value is -2.58. The highest BCUT2D eigenvalue weighted by Crippen LogP contribution is 2.30. The minimum absolute atomic E-state index is 0.0181. The van der Waals surface area contributed by atoms with Crippen molar-refractivity contribution in [2.24, 2.45) is 5.92 Å². The number of rotatable bonds is 5. The highest BCUT2D eigenvalue weighted by atomic mass is 19.4. The maximum atomic E-state index is 12.6. The maximum absolute atomic E-state index is 12.6. The molecule has 2 aromatic heterocycles. The molecule has 0 aliphatic carbocycles. The van der Waals surface area contributed by atoms with Crippen molar-refractivity contribution in [3.63, 3.8) is 0 Å². The summed E-state index contributed by atoms with van der Waals surface area (Å²) in [4.78, 5) is 18.1. The number of nitrogens with one attached hydrogen (secondary N) is 2. The van der Waals surface area contributed by atoms with Gasteiger partial charge in [0.1, 0.15) is 5.82 Å². The minimum atomic E-state index is -4.38. The number of aromatic nitrogens is 3. The molecule has 0 unspecified atom stereocenters. The van der Waals surface area contributed by atoms with Crippen LogP contribution in [0.25, 0.3) is 0 Å². The van der Waals surface area contributed by atoms with Gasteiger partial charge in [-0.25, -0.2) is 4.98 Å². The van der Waals surface area contributed by atoms with E-state index in [9.17, 15) is 18.0 Å². The first-order chi connectivity index (χ1) is 12.4. The number of nitrogens with zero attached hydrogens (tertiary/aromatic N) is 3. The Morgan fingerprint density at radius 2 is 2.04 bits per heavy atom. The second-order valence-corrected chi connectivity index (χ2v) is 6.29. The van der Waals surface area contributed by atoms with Crippen molar-refractivity contribution in [3.05, 3.63) is 41.9 Å². The number of pyridine rings is 1. The van der Waals surface area contributed by atoms with E-state index in [-0.39, 0.29) is 11.8 Å². The second kappa shape index (κ2) is 7.76. The van der Waals surface area contributed by atoms with Gasteiger partial charge in [-0.3, -0.25) is 9.89 Å². The van der Waals surface area contributed by atoms with Gasteiger partial charge in [0.25, 0.3) is 0 Å². The van der Waals surface area contributed by atoms with E-state index in [0.717, 1.165) is 18.0 Å². The molecule has 0 atom stereocenters. The van der Waals surface area contributed by atoms with Crippen LogP contribution in [0.4, 0.5) is 19.0 Å². The number of halogens is 3. The molecule has 1 saturated heterocycles. The van der Waals surface area contributed by atoms with Gasteiger partial charge in [-0.2, -0.15) is 18.3 Å². The predicted octanol–water partition coefficient (Wildman–Crippen LogP) is 2.40. The fraction of sp³-hybridized carbons (Fsp3) is 0.471. The lowest BCUT2D eigenvalue weighted by molar-refractivity contribution is -0.137. The van der Waals surface area contributed by atoms with Crippen LogP contribution in [0.1, 0.15) is 24.1 Å². The van der Waals surface area contributed by atoms with Crippen molar-refractivity contribution in [1.82, 2.24) is 20.5 Å². The molecule has 0 bridgehead atoms. The molecule has 0 radical (unpaired) electrons. The van der Waals surface area contributed by atoms with Gasteiger partial charge in [-0.05, 0) is 31.0 Å². The zero-order valence-electron chi connectivity index (χ0n) is 14.1. The quantitative estimate of drug-likeness (QED) is 0.851. The lowest BCUT2D eigenvalue weighted by Gasteiger charge is -2.32. The molecule has 0 aromatic carbocycles. The molecule has 2 N–H and O–H groups in total. The number of amides is 1. The second-order valence-electron chi connectivity index (χ2n) is 6.29. The van der Waals surface area contributed by atoms with Crippen LogP contribution >= 0.6 is 0 Å². The molecule has 0 saturated carbocycles. The predicted molar refractivity (Wildman–Crippen MR) is 89.5 cm³/mol. The number of carbonyl (C=O) groups is 1. The number of H-pyrrole nitrogens is 1. The third-order valence-corrected chi connectivity index (χ3v) is 4.52. The van der Waals surface area contributed by atoms with Gasteiger partial charge in [0, 0.05) is 50.1 Å². The van der Waals surface area contributed by atoms with E-state index in [2.05, 4.69) is 20.5 Å². The molecule has 3 heterocycles. The van der Waals surface area contributed by atoms with Crippen LogP contribution in [-0.2, 0) is 17.4 Å². The number of alkyl halides is 3. The highest BCUT2D eigenvalue weighted by Gasteiger charge is 2.31. The molecule has 1 amide bonds. The smallest absolute Gasteiger partial charge is 0.357 e.